The fourth-order valence-corrected chi connectivity index (χ4v) is 0.417. The van der Waals surface area contributed by atoms with E-state index in [9.17, 15) is 0 Å². The predicted octanol–water partition coefficient (Wildman–Crippen LogP) is -0.121. The van der Waals surface area contributed by atoms with Crippen LogP contribution in [0.2, 0.25) is 12.6 Å². The molecule has 0 nitrogen and oxygen atoms in total. The standard InChI is InChI=1S/C3H4B2.Co/c1-2-5-3-4-1;/h1-2H2;/q-1;. The van der Waals surface area contributed by atoms with Crippen LogP contribution in [0.5, 0.6) is 0 Å². The summed E-state index contributed by atoms with van der Waals surface area (Å²) in [4.78, 5) is 0. The monoisotopic (exact) mass is 121 g/mol. The summed E-state index contributed by atoms with van der Waals surface area (Å²) in [5.74, 6) is 2.97. The molecule has 32 valence electrons. The first-order valence-electron chi connectivity index (χ1n) is 1.89. The third kappa shape index (κ3) is 1.83. The summed E-state index contributed by atoms with van der Waals surface area (Å²) in [5, 5.41) is 0. The van der Waals surface area contributed by atoms with Gasteiger partial charge in [0.05, 0.1) is 0 Å². The molecule has 0 saturated heterocycles. The minimum atomic E-state index is 0. The number of hydrogen-bond donors (Lipinski definition) is 0. The zero-order chi connectivity index (χ0) is 3.54. The van der Waals surface area contributed by atoms with Gasteiger partial charge in [-0.1, -0.05) is 0 Å². The summed E-state index contributed by atoms with van der Waals surface area (Å²) in [6.07, 6.45) is 2.42. The summed E-state index contributed by atoms with van der Waals surface area (Å²) < 4.78 is 0. The van der Waals surface area contributed by atoms with Crippen molar-refractivity contribution in [3.63, 3.8) is 0 Å². The van der Waals surface area contributed by atoms with Crippen LogP contribution in [0.3, 0.4) is 0 Å². The molecule has 0 aromatic rings. The SMILES string of the molecule is [B]1[C-]=BCC1.[Co]. The molecule has 0 N–H and O–H groups in total. The van der Waals surface area contributed by atoms with E-state index >= 15 is 0 Å². The second-order valence-corrected chi connectivity index (χ2v) is 1.15. The zero-order valence-electron chi connectivity index (χ0n) is 3.40. The molecular formula is C3H4B2Co-. The van der Waals surface area contributed by atoms with Crippen LogP contribution in [-0.4, -0.2) is 20.1 Å². The van der Waals surface area contributed by atoms with Gasteiger partial charge < -0.3 is 0 Å². The van der Waals surface area contributed by atoms with Gasteiger partial charge in [0, 0.05) is 16.8 Å². The van der Waals surface area contributed by atoms with Gasteiger partial charge in [0.2, 0.25) is 0 Å². The summed E-state index contributed by atoms with van der Waals surface area (Å²) in [6, 6.07) is 0. The van der Waals surface area contributed by atoms with Crippen LogP contribution < -0.4 is 0 Å². The van der Waals surface area contributed by atoms with Crippen molar-refractivity contribution >= 4 is 20.1 Å². The third-order valence-corrected chi connectivity index (χ3v) is 0.691. The van der Waals surface area contributed by atoms with E-state index in [1.165, 1.54) is 12.6 Å². The Morgan fingerprint density at radius 1 is 1.33 bits per heavy atom. The summed E-state index contributed by atoms with van der Waals surface area (Å²) >= 11 is 0. The molecule has 0 spiro atoms. The van der Waals surface area contributed by atoms with Gasteiger partial charge >= 0.3 is 32.7 Å². The maximum atomic E-state index is 2.97. The number of hydrogen-bond acceptors (Lipinski definition) is 0. The van der Waals surface area contributed by atoms with E-state index in [1.54, 1.807) is 0 Å². The Morgan fingerprint density at radius 2 is 2.17 bits per heavy atom. The largest absolute Gasteiger partial charge is 0 e. The average Bonchev–Trinajstić information content (AvgIpc) is 1.76. The van der Waals surface area contributed by atoms with Crippen LogP contribution in [0, 0.1) is 0 Å². The first kappa shape index (κ1) is 6.51. The van der Waals surface area contributed by atoms with Crippen molar-refractivity contribution in [2.24, 2.45) is 0 Å². The molecular weight excluding hydrogens is 117 g/mol. The molecule has 0 bridgehead atoms. The van der Waals surface area contributed by atoms with Crippen LogP contribution in [0.15, 0.2) is 0 Å². The topological polar surface area (TPSA) is 0 Å². The fourth-order valence-electron chi connectivity index (χ4n) is 0.417. The van der Waals surface area contributed by atoms with E-state index in [0.29, 0.717) is 0 Å². The fraction of sp³-hybridized carbons (Fsp3) is 0.667. The summed E-state index contributed by atoms with van der Waals surface area (Å²) in [6.45, 7) is 2.06. The zero-order valence-corrected chi connectivity index (χ0v) is 4.44. The van der Waals surface area contributed by atoms with Crippen molar-refractivity contribution in [1.82, 2.24) is 0 Å². The smallest absolute Gasteiger partial charge is 0 e. The van der Waals surface area contributed by atoms with E-state index in [-0.39, 0.29) is 16.8 Å². The van der Waals surface area contributed by atoms with Crippen LogP contribution in [0.4, 0.5) is 0 Å². The molecule has 0 fully saturated rings. The average molecular weight is 121 g/mol. The van der Waals surface area contributed by atoms with Gasteiger partial charge in [0.1, 0.15) is 0 Å². The molecule has 0 aliphatic carbocycles. The van der Waals surface area contributed by atoms with Crippen molar-refractivity contribution in [1.29, 1.82) is 0 Å². The van der Waals surface area contributed by atoms with Gasteiger partial charge in [0.15, 0.2) is 0 Å². The van der Waals surface area contributed by atoms with Gasteiger partial charge in [-0.15, -0.1) is 0 Å². The Bertz CT molecular complexity index is 46.8. The maximum absolute atomic E-state index is 2.97. The Labute approximate surface area is 50.0 Å². The number of rotatable bonds is 0. The predicted molar refractivity (Wildman–Crippen MR) is 26.1 cm³/mol. The maximum Gasteiger partial charge on any atom is 0 e. The van der Waals surface area contributed by atoms with Crippen molar-refractivity contribution in [3.05, 3.63) is 0 Å². The molecule has 1 rings (SSSR count). The Morgan fingerprint density at radius 3 is 2.33 bits per heavy atom. The molecule has 6 heavy (non-hydrogen) atoms. The van der Waals surface area contributed by atoms with E-state index in [2.05, 4.69) is 20.1 Å². The van der Waals surface area contributed by atoms with E-state index in [4.69, 9.17) is 0 Å². The molecule has 1 aliphatic rings. The van der Waals surface area contributed by atoms with Crippen LogP contribution in [-0.2, 0) is 16.8 Å². The molecule has 0 amide bonds. The minimum absolute atomic E-state index is 0. The first-order chi connectivity index (χ1) is 2.50. The van der Waals surface area contributed by atoms with Crippen molar-refractivity contribution in [3.8, 4) is 0 Å². The Balaban J connectivity index is 0.000000250. The second kappa shape index (κ2) is 3.69. The molecule has 0 aromatic carbocycles. The first-order valence-corrected chi connectivity index (χ1v) is 1.89. The second-order valence-electron chi connectivity index (χ2n) is 1.15. The van der Waals surface area contributed by atoms with E-state index < -0.39 is 0 Å². The van der Waals surface area contributed by atoms with Gasteiger partial charge in [-0.05, 0) is 0 Å². The van der Waals surface area contributed by atoms with Crippen molar-refractivity contribution < 1.29 is 16.8 Å². The van der Waals surface area contributed by atoms with Gasteiger partial charge in [-0.2, -0.15) is 0 Å². The van der Waals surface area contributed by atoms with Crippen LogP contribution in [0.1, 0.15) is 0 Å². The Hall–Kier alpha value is 0.506. The van der Waals surface area contributed by atoms with Gasteiger partial charge in [0.25, 0.3) is 0 Å². The normalized spacial score (nSPS) is 14.7. The van der Waals surface area contributed by atoms with Crippen LogP contribution >= 0.6 is 0 Å². The molecule has 0 aromatic heterocycles. The third-order valence-electron chi connectivity index (χ3n) is 0.691. The molecule has 0 unspecified atom stereocenters. The Kier molecular flexibility index (Phi) is 4.00. The van der Waals surface area contributed by atoms with Crippen molar-refractivity contribution in [2.45, 2.75) is 12.6 Å². The van der Waals surface area contributed by atoms with E-state index in [0.717, 1.165) is 0 Å². The van der Waals surface area contributed by atoms with E-state index in [1.807, 2.05) is 0 Å². The summed E-state index contributed by atoms with van der Waals surface area (Å²) in [7, 11) is 2.06. The molecule has 0 saturated carbocycles. The molecule has 2 radical (unpaired) electrons. The quantitative estimate of drug-likeness (QED) is 0.309. The molecule has 1 heterocycles. The molecule has 0 atom stereocenters. The molecule has 1 aliphatic heterocycles. The molecule has 3 heteroatoms. The minimum Gasteiger partial charge on any atom is 0 e. The van der Waals surface area contributed by atoms with Crippen molar-refractivity contribution in [2.75, 3.05) is 0 Å². The van der Waals surface area contributed by atoms with Gasteiger partial charge in [-0.3, -0.25) is 0 Å². The van der Waals surface area contributed by atoms with Gasteiger partial charge in [-0.25, -0.2) is 0 Å². The van der Waals surface area contributed by atoms with Crippen LogP contribution in [0.25, 0.3) is 0 Å². The summed E-state index contributed by atoms with van der Waals surface area (Å²) in [5.41, 5.74) is 0.